The van der Waals surface area contributed by atoms with Gasteiger partial charge in [0.25, 0.3) is 5.91 Å². The lowest BCUT2D eigenvalue weighted by molar-refractivity contribution is -0.169. The molecule has 13 nitrogen and oxygen atoms in total. The molecule has 0 spiro atoms. The molecule has 1 aromatic carbocycles. The number of phenolic OH excluding ortho intramolecular Hbond substituents is 1. The molecule has 0 radical (unpaired) electrons. The zero-order chi connectivity index (χ0) is 29.1. The second-order valence-corrected chi connectivity index (χ2v) is 10.3. The van der Waals surface area contributed by atoms with Crippen LogP contribution in [0.5, 0.6) is 5.75 Å². The average Bonchev–Trinajstić information content (AvgIpc) is 2.85. The highest BCUT2D eigenvalue weighted by Crippen LogP contribution is 2.56. The minimum absolute atomic E-state index is 0.0612. The first kappa shape index (κ1) is 28.2. The molecule has 3 aliphatic carbocycles. The van der Waals surface area contributed by atoms with Crippen LogP contribution in [0.3, 0.4) is 0 Å². The van der Waals surface area contributed by atoms with Crippen molar-refractivity contribution in [1.29, 1.82) is 0 Å². The highest BCUT2D eigenvalue weighted by molar-refractivity contribution is 6.24. The number of ether oxygens (including phenoxy) is 1. The molecule has 0 bridgehead atoms. The summed E-state index contributed by atoms with van der Waals surface area (Å²) in [4.78, 5) is 52.4. The van der Waals surface area contributed by atoms with Gasteiger partial charge in [-0.3, -0.25) is 24.1 Å². The SMILES string of the molecule is COCC(=O)CNc1ccc2c(c1O)C(O)=C1C(=O)[C@]3(O)C(O)=C(C(N)=O)C(=O)[C@@H](N(C)C)[C@@H]3[C@@H](O)[C@@H]1[C@H]2C. The molecular formula is C26H31N3O10. The summed E-state index contributed by atoms with van der Waals surface area (Å²) in [5, 5.41) is 59.3. The predicted octanol–water partition coefficient (Wildman–Crippen LogP) is -0.877. The summed E-state index contributed by atoms with van der Waals surface area (Å²) in [5.74, 6) is -9.99. The van der Waals surface area contributed by atoms with E-state index in [1.54, 1.807) is 13.0 Å². The number of primary amides is 1. The van der Waals surface area contributed by atoms with Crippen molar-refractivity contribution in [3.63, 3.8) is 0 Å². The van der Waals surface area contributed by atoms with Gasteiger partial charge >= 0.3 is 0 Å². The quantitative estimate of drug-likeness (QED) is 0.164. The van der Waals surface area contributed by atoms with Crippen LogP contribution >= 0.6 is 0 Å². The van der Waals surface area contributed by atoms with Gasteiger partial charge < -0.3 is 41.3 Å². The Morgan fingerprint density at radius 3 is 2.38 bits per heavy atom. The Morgan fingerprint density at radius 1 is 1.18 bits per heavy atom. The smallest absolute Gasteiger partial charge is 0.255 e. The highest BCUT2D eigenvalue weighted by atomic mass is 16.5. The third-order valence-corrected chi connectivity index (χ3v) is 7.91. The van der Waals surface area contributed by atoms with E-state index in [4.69, 9.17) is 10.5 Å². The van der Waals surface area contributed by atoms with Gasteiger partial charge in [-0.15, -0.1) is 0 Å². The van der Waals surface area contributed by atoms with Crippen molar-refractivity contribution in [1.82, 2.24) is 4.90 Å². The van der Waals surface area contributed by atoms with Crippen molar-refractivity contribution in [3.05, 3.63) is 40.2 Å². The number of ketones is 3. The Hall–Kier alpha value is -3.78. The first-order chi connectivity index (χ1) is 18.2. The van der Waals surface area contributed by atoms with Crippen LogP contribution in [0.15, 0.2) is 29.0 Å². The monoisotopic (exact) mass is 545 g/mol. The number of carbonyl (C=O) groups excluding carboxylic acids is 4. The summed E-state index contributed by atoms with van der Waals surface area (Å²) in [5.41, 5.74) is 1.09. The van der Waals surface area contributed by atoms with E-state index in [-0.39, 0.29) is 30.2 Å². The number of aliphatic hydroxyl groups excluding tert-OH is 3. The number of nitrogens with two attached hydrogens (primary N) is 1. The van der Waals surface area contributed by atoms with Gasteiger partial charge in [-0.2, -0.15) is 0 Å². The molecule has 210 valence electrons. The Labute approximate surface area is 223 Å². The maximum Gasteiger partial charge on any atom is 0.255 e. The van der Waals surface area contributed by atoms with E-state index >= 15 is 0 Å². The lowest BCUT2D eigenvalue weighted by Crippen LogP contribution is -2.70. The zero-order valence-electron chi connectivity index (χ0n) is 21.8. The van der Waals surface area contributed by atoms with Crippen molar-refractivity contribution in [2.75, 3.05) is 39.7 Å². The number of nitrogens with one attached hydrogen (secondary N) is 1. The zero-order valence-corrected chi connectivity index (χ0v) is 21.8. The Morgan fingerprint density at radius 2 is 1.82 bits per heavy atom. The molecular weight excluding hydrogens is 514 g/mol. The number of likely N-dealkylation sites (N-methyl/N-ethyl adjacent to an activating group) is 1. The van der Waals surface area contributed by atoms with Gasteiger partial charge in [0.05, 0.1) is 35.9 Å². The van der Waals surface area contributed by atoms with Crippen LogP contribution in [0.4, 0.5) is 5.69 Å². The summed E-state index contributed by atoms with van der Waals surface area (Å²) >= 11 is 0. The topological polar surface area (TPSA) is 220 Å². The number of carbonyl (C=O) groups is 4. The van der Waals surface area contributed by atoms with E-state index in [1.807, 2.05) is 0 Å². The van der Waals surface area contributed by atoms with E-state index in [2.05, 4.69) is 5.32 Å². The van der Waals surface area contributed by atoms with Gasteiger partial charge in [-0.05, 0) is 31.6 Å². The molecule has 1 saturated carbocycles. The number of aliphatic hydroxyl groups is 4. The fraction of sp³-hybridized carbons (Fsp3) is 0.462. The molecule has 1 amide bonds. The van der Waals surface area contributed by atoms with Crippen LogP contribution in [-0.2, 0) is 23.9 Å². The third kappa shape index (κ3) is 3.92. The second-order valence-electron chi connectivity index (χ2n) is 10.3. The van der Waals surface area contributed by atoms with E-state index in [0.29, 0.717) is 5.56 Å². The van der Waals surface area contributed by atoms with Crippen molar-refractivity contribution in [2.45, 2.75) is 30.6 Å². The normalized spacial score (nSPS) is 30.2. The average molecular weight is 546 g/mol. The molecule has 1 aromatic rings. The molecule has 0 unspecified atom stereocenters. The Balaban J connectivity index is 1.92. The summed E-state index contributed by atoms with van der Waals surface area (Å²) in [6.07, 6.45) is -1.67. The number of methoxy groups -OCH3 is 1. The number of phenols is 1. The Bertz CT molecular complexity index is 1350. The lowest BCUT2D eigenvalue weighted by atomic mass is 9.54. The van der Waals surface area contributed by atoms with Crippen LogP contribution in [0.2, 0.25) is 0 Å². The largest absolute Gasteiger partial charge is 0.508 e. The van der Waals surface area contributed by atoms with E-state index in [0.717, 1.165) is 0 Å². The molecule has 13 heteroatoms. The van der Waals surface area contributed by atoms with Crippen LogP contribution in [0.1, 0.15) is 24.0 Å². The minimum Gasteiger partial charge on any atom is -0.508 e. The first-order valence-corrected chi connectivity index (χ1v) is 12.1. The lowest BCUT2D eigenvalue weighted by Gasteiger charge is -2.53. The van der Waals surface area contributed by atoms with Crippen LogP contribution in [-0.4, -0.2) is 106 Å². The van der Waals surface area contributed by atoms with Crippen LogP contribution in [0.25, 0.3) is 5.76 Å². The Kier molecular flexibility index (Phi) is 7.06. The number of benzene rings is 1. The number of aromatic hydroxyl groups is 1. The van der Waals surface area contributed by atoms with Gasteiger partial charge in [-0.1, -0.05) is 13.0 Å². The van der Waals surface area contributed by atoms with Crippen LogP contribution < -0.4 is 11.1 Å². The molecule has 0 saturated heterocycles. The van der Waals surface area contributed by atoms with Gasteiger partial charge in [-0.25, -0.2) is 0 Å². The number of fused-ring (bicyclic) bond motifs is 3. The number of anilines is 1. The summed E-state index contributed by atoms with van der Waals surface area (Å²) < 4.78 is 4.78. The number of hydrogen-bond acceptors (Lipinski definition) is 12. The number of nitrogens with zero attached hydrogens (tertiary/aromatic N) is 1. The van der Waals surface area contributed by atoms with Crippen molar-refractivity contribution in [2.24, 2.45) is 17.6 Å². The minimum atomic E-state index is -2.98. The van der Waals surface area contributed by atoms with Gasteiger partial charge in [0.2, 0.25) is 5.78 Å². The molecule has 3 aliphatic rings. The summed E-state index contributed by atoms with van der Waals surface area (Å²) in [6.45, 7) is 1.26. The van der Waals surface area contributed by atoms with E-state index in [9.17, 15) is 44.7 Å². The van der Waals surface area contributed by atoms with Gasteiger partial charge in [0.1, 0.15) is 29.4 Å². The fourth-order valence-electron chi connectivity index (χ4n) is 6.16. The van der Waals surface area contributed by atoms with Crippen molar-refractivity contribution < 1.29 is 49.4 Å². The third-order valence-electron chi connectivity index (χ3n) is 7.91. The molecule has 39 heavy (non-hydrogen) atoms. The molecule has 0 aliphatic heterocycles. The van der Waals surface area contributed by atoms with Crippen molar-refractivity contribution >= 4 is 34.7 Å². The molecule has 8 N–H and O–H groups in total. The fourth-order valence-corrected chi connectivity index (χ4v) is 6.16. The molecule has 0 aromatic heterocycles. The maximum absolute atomic E-state index is 14.0. The molecule has 4 rings (SSSR count). The highest BCUT2D eigenvalue weighted by Gasteiger charge is 2.68. The summed E-state index contributed by atoms with van der Waals surface area (Å²) in [7, 11) is 4.23. The molecule has 1 fully saturated rings. The predicted molar refractivity (Wildman–Crippen MR) is 136 cm³/mol. The van der Waals surface area contributed by atoms with Crippen LogP contribution in [0, 0.1) is 11.8 Å². The van der Waals surface area contributed by atoms with Gasteiger partial charge in [0, 0.05) is 18.6 Å². The van der Waals surface area contributed by atoms with E-state index < -0.39 is 81.4 Å². The summed E-state index contributed by atoms with van der Waals surface area (Å²) in [6, 6.07) is 1.59. The number of Topliss-reactive ketones (excluding diaryl/α,β-unsaturated/α-hetero) is 3. The van der Waals surface area contributed by atoms with Crippen molar-refractivity contribution in [3.8, 4) is 5.75 Å². The molecule has 6 atom stereocenters. The number of rotatable bonds is 7. The number of hydrogen-bond donors (Lipinski definition) is 7. The standard InChI is InChI=1S/C26H31N3O10/c1-9-11-5-6-12(28-7-10(30)8-39-4)19(31)14(11)20(32)15-13(9)21(33)17-18(29(2)3)22(34)16(25(27)37)24(36)26(17,38)23(15)35/h5-6,9,13,17-18,21,28,31-33,36,38H,7-8H2,1-4H3,(H2,27,37)/t9-,13+,17+,18-,21-,26-/m0/s1. The van der Waals surface area contributed by atoms with E-state index in [1.165, 1.54) is 32.2 Å². The molecule has 0 heterocycles. The number of amides is 1. The second kappa shape index (κ2) is 9.75. The van der Waals surface area contributed by atoms with Gasteiger partial charge in [0.15, 0.2) is 17.2 Å². The maximum atomic E-state index is 14.0. The first-order valence-electron chi connectivity index (χ1n) is 12.1.